The van der Waals surface area contributed by atoms with Crippen molar-refractivity contribution in [3.8, 4) is 11.5 Å². The molecule has 1 heterocycles. The third kappa shape index (κ3) is 4.73. The third-order valence-electron chi connectivity index (χ3n) is 4.90. The van der Waals surface area contributed by atoms with Crippen molar-refractivity contribution in [2.75, 3.05) is 0 Å². The molecule has 2 aromatic carbocycles. The molecule has 0 atom stereocenters. The molecular formula is C18H24O8S3Sn2. The van der Waals surface area contributed by atoms with E-state index < -0.39 is 77.6 Å². The summed E-state index contributed by atoms with van der Waals surface area (Å²) in [5.74, 6) is -0.688. The van der Waals surface area contributed by atoms with Gasteiger partial charge in [0.05, 0.1) is 0 Å². The zero-order chi connectivity index (χ0) is 23.7. The zero-order valence-corrected chi connectivity index (χ0v) is 26.0. The van der Waals surface area contributed by atoms with Crippen molar-refractivity contribution in [2.24, 2.45) is 0 Å². The number of hydrogen-bond acceptors (Lipinski definition) is 6. The Bertz CT molecular complexity index is 1230. The first kappa shape index (κ1) is 25.4. The number of fused-ring (bicyclic) bond motifs is 2. The maximum absolute atomic E-state index is 13.9. The van der Waals surface area contributed by atoms with Crippen molar-refractivity contribution in [3.63, 3.8) is 0 Å². The molecule has 2 N–H and O–H groups in total. The molecular weight excluding hydrogens is 678 g/mol. The molecule has 0 aromatic heterocycles. The van der Waals surface area contributed by atoms with Crippen molar-refractivity contribution in [1.29, 1.82) is 0 Å². The first-order chi connectivity index (χ1) is 13.8. The average Bonchev–Trinajstić information content (AvgIpc) is 2.56. The average molecular weight is 702 g/mol. The molecule has 1 aliphatic heterocycles. The van der Waals surface area contributed by atoms with Gasteiger partial charge >= 0.3 is 195 Å². The molecule has 0 saturated heterocycles. The van der Waals surface area contributed by atoms with Crippen LogP contribution in [0.2, 0.25) is 29.6 Å². The zero-order valence-electron chi connectivity index (χ0n) is 17.9. The Labute approximate surface area is 193 Å². The molecule has 0 amide bonds. The Morgan fingerprint density at radius 3 is 1.29 bits per heavy atom. The molecule has 2 aromatic rings. The van der Waals surface area contributed by atoms with E-state index >= 15 is 0 Å². The molecule has 3 rings (SSSR count). The van der Waals surface area contributed by atoms with Crippen LogP contribution in [0.25, 0.3) is 0 Å². The van der Waals surface area contributed by atoms with Crippen LogP contribution in [0.5, 0.6) is 11.5 Å². The predicted octanol–water partition coefficient (Wildman–Crippen LogP) is 2.54. The fourth-order valence-electron chi connectivity index (χ4n) is 3.44. The molecule has 31 heavy (non-hydrogen) atoms. The van der Waals surface area contributed by atoms with Crippen LogP contribution in [-0.4, -0.2) is 66.9 Å². The summed E-state index contributed by atoms with van der Waals surface area (Å²) < 4.78 is 88.9. The predicted molar refractivity (Wildman–Crippen MR) is 123 cm³/mol. The first-order valence-electron chi connectivity index (χ1n) is 9.24. The molecule has 0 saturated carbocycles. The fraction of sp³-hybridized carbons (Fsp3) is 0.333. The number of benzene rings is 2. The molecule has 0 spiro atoms. The van der Waals surface area contributed by atoms with Gasteiger partial charge in [-0.05, 0) is 0 Å². The van der Waals surface area contributed by atoms with Gasteiger partial charge in [0.1, 0.15) is 0 Å². The van der Waals surface area contributed by atoms with Crippen LogP contribution in [-0.2, 0) is 31.0 Å². The Balaban J connectivity index is 2.54. The van der Waals surface area contributed by atoms with Gasteiger partial charge in [-0.3, -0.25) is 0 Å². The van der Waals surface area contributed by atoms with E-state index in [1.54, 1.807) is 12.1 Å². The van der Waals surface area contributed by atoms with Gasteiger partial charge in [0.2, 0.25) is 0 Å². The molecule has 13 heteroatoms. The van der Waals surface area contributed by atoms with Gasteiger partial charge in [0, 0.05) is 0 Å². The van der Waals surface area contributed by atoms with Crippen molar-refractivity contribution < 1.29 is 34.9 Å². The quantitative estimate of drug-likeness (QED) is 0.313. The Morgan fingerprint density at radius 2 is 1.03 bits per heavy atom. The van der Waals surface area contributed by atoms with Crippen molar-refractivity contribution in [2.45, 2.75) is 49.2 Å². The van der Waals surface area contributed by atoms with Gasteiger partial charge in [-0.1, -0.05) is 0 Å². The Kier molecular flexibility index (Phi) is 6.52. The molecule has 8 nitrogen and oxygen atoms in total. The van der Waals surface area contributed by atoms with Gasteiger partial charge in [-0.2, -0.15) is 0 Å². The van der Waals surface area contributed by atoms with E-state index in [0.717, 1.165) is 7.16 Å². The van der Waals surface area contributed by atoms with Crippen LogP contribution in [0, 0.1) is 0 Å². The van der Waals surface area contributed by atoms with E-state index in [2.05, 4.69) is 29.6 Å². The van der Waals surface area contributed by atoms with Gasteiger partial charge < -0.3 is 0 Å². The summed E-state index contributed by atoms with van der Waals surface area (Å²) in [6.45, 7) is 0. The summed E-state index contributed by atoms with van der Waals surface area (Å²) in [6.07, 6.45) is 0. The fourth-order valence-corrected chi connectivity index (χ4v) is 19.7. The Morgan fingerprint density at radius 1 is 0.710 bits per heavy atom. The third-order valence-corrected chi connectivity index (χ3v) is 20.8. The molecule has 170 valence electrons. The second-order valence-electron chi connectivity index (χ2n) is 9.36. The minimum atomic E-state index is -4.75. The molecule has 1 aliphatic rings. The second kappa shape index (κ2) is 7.94. The van der Waals surface area contributed by atoms with E-state index in [9.17, 15) is 30.1 Å². The van der Waals surface area contributed by atoms with Crippen LogP contribution in [0.4, 0.5) is 0 Å². The second-order valence-corrected chi connectivity index (χ2v) is 42.3. The first-order valence-corrected chi connectivity index (χ1v) is 33.3. The van der Waals surface area contributed by atoms with E-state index in [1.807, 2.05) is 0 Å². The van der Waals surface area contributed by atoms with E-state index in [0.29, 0.717) is 0 Å². The minimum absolute atomic E-state index is 0.162. The summed E-state index contributed by atoms with van der Waals surface area (Å²) in [6, 6.07) is 5.51. The van der Waals surface area contributed by atoms with Crippen LogP contribution >= 0.6 is 0 Å². The van der Waals surface area contributed by atoms with E-state index in [-0.39, 0.29) is 21.3 Å². The van der Waals surface area contributed by atoms with Crippen LogP contribution < -0.4 is 11.9 Å². The number of rotatable bonds is 4. The number of hydrogen-bond donors (Lipinski definition) is 2. The SMILES string of the molecule is [CH3][Sn]([CH3])([CH3])[c]1ccc(S(=O)(=O)O)c2c1S(=O)c1[c]([Sn]([CH3])([CH3])[CH3])ccc(S(=O)(=O)O)c1O2. The number of ether oxygens (including phenoxy) is 1. The van der Waals surface area contributed by atoms with Crippen LogP contribution in [0.15, 0.2) is 43.8 Å². The molecule has 0 bridgehead atoms. The monoisotopic (exact) mass is 704 g/mol. The van der Waals surface area contributed by atoms with Crippen molar-refractivity contribution in [1.82, 2.24) is 0 Å². The summed E-state index contributed by atoms with van der Waals surface area (Å²) in [4.78, 5) is 11.5. The van der Waals surface area contributed by atoms with Gasteiger partial charge in [0.25, 0.3) is 0 Å². The van der Waals surface area contributed by atoms with Crippen molar-refractivity contribution >= 4 is 74.9 Å². The maximum atomic E-state index is 13.9. The van der Waals surface area contributed by atoms with E-state index in [1.165, 1.54) is 12.1 Å². The van der Waals surface area contributed by atoms with Crippen molar-refractivity contribution in [3.05, 3.63) is 24.3 Å². The molecule has 0 fully saturated rings. The van der Waals surface area contributed by atoms with Crippen LogP contribution in [0.1, 0.15) is 0 Å². The van der Waals surface area contributed by atoms with Gasteiger partial charge in [-0.15, -0.1) is 0 Å². The molecule has 0 aliphatic carbocycles. The molecule has 0 radical (unpaired) electrons. The van der Waals surface area contributed by atoms with Crippen LogP contribution in [0.3, 0.4) is 0 Å². The Hall–Kier alpha value is -0.193. The molecule has 0 unspecified atom stereocenters. The summed E-state index contributed by atoms with van der Waals surface area (Å²) in [5, 5.41) is 0. The van der Waals surface area contributed by atoms with E-state index in [4.69, 9.17) is 4.74 Å². The standard InChI is InChI=1S/C12H6O8S3.6CH3.2Sn/c13-21-7-3-1-5-9(22(14,15)16)11(7)20-12-8(21)4-2-6-10(12)23(17,18)19;;;;;;;;/h1-2,5-6H,(H,14,15,16)(H,17,18,19);6*1H3;;. The normalized spacial score (nSPS) is 15.2. The van der Waals surface area contributed by atoms with Gasteiger partial charge in [0.15, 0.2) is 0 Å². The topological polar surface area (TPSA) is 135 Å². The van der Waals surface area contributed by atoms with Gasteiger partial charge in [-0.25, -0.2) is 0 Å². The summed E-state index contributed by atoms with van der Waals surface area (Å²) in [5.41, 5.74) is 0. The summed E-state index contributed by atoms with van der Waals surface area (Å²) in [7, 11) is -11.5. The summed E-state index contributed by atoms with van der Waals surface area (Å²) >= 11 is -5.99.